The Balaban J connectivity index is 1.59. The molecule has 2 atom stereocenters. The van der Waals surface area contributed by atoms with Gasteiger partial charge in [-0.15, -0.1) is 0 Å². The Morgan fingerprint density at radius 1 is 1.29 bits per heavy atom. The number of aliphatic hydroxyl groups excluding tert-OH is 1. The van der Waals surface area contributed by atoms with E-state index < -0.39 is 0 Å². The second-order valence-corrected chi connectivity index (χ2v) is 6.33. The third-order valence-electron chi connectivity index (χ3n) is 5.28. The number of benzene rings is 1. The molecule has 0 amide bonds. The van der Waals surface area contributed by atoms with E-state index in [2.05, 4.69) is 4.90 Å². The van der Waals surface area contributed by atoms with Gasteiger partial charge in [0.2, 0.25) is 0 Å². The van der Waals surface area contributed by atoms with Crippen LogP contribution in [0.25, 0.3) is 0 Å². The van der Waals surface area contributed by atoms with E-state index in [1.54, 1.807) is 6.07 Å². The summed E-state index contributed by atoms with van der Waals surface area (Å²) in [6.07, 6.45) is 2.76. The molecule has 0 bridgehead atoms. The zero-order valence-corrected chi connectivity index (χ0v) is 12.7. The van der Waals surface area contributed by atoms with Crippen molar-refractivity contribution in [3.05, 3.63) is 29.8 Å². The number of para-hydroxylation sites is 1. The predicted molar refractivity (Wildman–Crippen MR) is 81.1 cm³/mol. The Kier molecular flexibility index (Phi) is 4.20. The Morgan fingerprint density at radius 3 is 2.62 bits per heavy atom. The van der Waals surface area contributed by atoms with Gasteiger partial charge in [-0.05, 0) is 38.9 Å². The molecule has 1 heterocycles. The molecule has 2 aliphatic rings. The van der Waals surface area contributed by atoms with Crippen molar-refractivity contribution in [1.29, 1.82) is 0 Å². The minimum absolute atomic E-state index is 0.0226. The summed E-state index contributed by atoms with van der Waals surface area (Å²) in [6.45, 7) is 5.43. The molecule has 2 unspecified atom stereocenters. The van der Waals surface area contributed by atoms with Crippen molar-refractivity contribution in [1.82, 2.24) is 4.90 Å². The maximum absolute atomic E-state index is 10.2. The van der Waals surface area contributed by atoms with Crippen LogP contribution in [0.2, 0.25) is 0 Å². The summed E-state index contributed by atoms with van der Waals surface area (Å²) in [7, 11) is 0. The van der Waals surface area contributed by atoms with Crippen molar-refractivity contribution in [3.63, 3.8) is 0 Å². The van der Waals surface area contributed by atoms with Crippen molar-refractivity contribution < 1.29 is 14.9 Å². The molecule has 4 heteroatoms. The molecule has 2 N–H and O–H groups in total. The lowest BCUT2D eigenvalue weighted by atomic mass is 9.58. The number of hydrogen-bond acceptors (Lipinski definition) is 4. The van der Waals surface area contributed by atoms with Crippen LogP contribution in [0.1, 0.15) is 31.7 Å². The van der Waals surface area contributed by atoms with Crippen LogP contribution in [0.3, 0.4) is 0 Å². The number of ether oxygens (including phenoxy) is 1. The molecule has 4 nitrogen and oxygen atoms in total. The summed E-state index contributed by atoms with van der Waals surface area (Å²) in [4.78, 5) is 2.36. The number of piperidine rings is 1. The van der Waals surface area contributed by atoms with Gasteiger partial charge in [0.1, 0.15) is 5.75 Å². The number of aromatic hydroxyl groups is 1. The molecule has 0 aromatic heterocycles. The number of aliphatic hydroxyl groups is 1. The third-order valence-corrected chi connectivity index (χ3v) is 5.28. The standard InChI is InChI=1S/C17H25NO3/c1-2-21-16-11-15(20)17(16)7-9-18(10-8-17)12-13-5-3-4-6-14(13)19/h3-6,15-16,19-20H,2,7-12H2,1H3. The van der Waals surface area contributed by atoms with E-state index in [0.717, 1.165) is 51.1 Å². The van der Waals surface area contributed by atoms with Gasteiger partial charge < -0.3 is 14.9 Å². The fraction of sp³-hybridized carbons (Fsp3) is 0.647. The molecule has 1 aliphatic heterocycles. The zero-order chi connectivity index (χ0) is 14.9. The molecule has 3 rings (SSSR count). The van der Waals surface area contributed by atoms with Crippen LogP contribution in [-0.2, 0) is 11.3 Å². The first-order valence-corrected chi connectivity index (χ1v) is 7.94. The van der Waals surface area contributed by atoms with Crippen molar-refractivity contribution in [3.8, 4) is 5.75 Å². The SMILES string of the molecule is CCOC1CC(O)C12CCN(Cc1ccccc1O)CC2. The van der Waals surface area contributed by atoms with Crippen LogP contribution in [0.15, 0.2) is 24.3 Å². The van der Waals surface area contributed by atoms with Crippen LogP contribution < -0.4 is 0 Å². The van der Waals surface area contributed by atoms with E-state index in [-0.39, 0.29) is 17.6 Å². The summed E-state index contributed by atoms with van der Waals surface area (Å²) >= 11 is 0. The Bertz CT molecular complexity index is 481. The van der Waals surface area contributed by atoms with Gasteiger partial charge in [0, 0.05) is 30.6 Å². The van der Waals surface area contributed by atoms with Gasteiger partial charge in [0.15, 0.2) is 0 Å². The van der Waals surface area contributed by atoms with Crippen molar-refractivity contribution >= 4 is 0 Å². The summed E-state index contributed by atoms with van der Waals surface area (Å²) < 4.78 is 5.80. The lowest BCUT2D eigenvalue weighted by molar-refractivity contribution is -0.209. The summed E-state index contributed by atoms with van der Waals surface area (Å²) in [6, 6.07) is 7.52. The van der Waals surface area contributed by atoms with E-state index >= 15 is 0 Å². The lowest BCUT2D eigenvalue weighted by Gasteiger charge is -2.56. The minimum atomic E-state index is -0.207. The Morgan fingerprint density at radius 2 is 2.00 bits per heavy atom. The molecule has 1 aromatic carbocycles. The highest BCUT2D eigenvalue weighted by molar-refractivity contribution is 5.31. The van der Waals surface area contributed by atoms with Crippen molar-refractivity contribution in [2.75, 3.05) is 19.7 Å². The molecule has 0 radical (unpaired) electrons. The number of rotatable bonds is 4. The topological polar surface area (TPSA) is 52.9 Å². The smallest absolute Gasteiger partial charge is 0.120 e. The van der Waals surface area contributed by atoms with Gasteiger partial charge in [-0.2, -0.15) is 0 Å². The molecule has 1 spiro atoms. The van der Waals surface area contributed by atoms with Crippen LogP contribution in [0.5, 0.6) is 5.75 Å². The van der Waals surface area contributed by atoms with Gasteiger partial charge in [0.25, 0.3) is 0 Å². The zero-order valence-electron chi connectivity index (χ0n) is 12.7. The van der Waals surface area contributed by atoms with Gasteiger partial charge in [-0.3, -0.25) is 4.90 Å². The van der Waals surface area contributed by atoms with E-state index in [4.69, 9.17) is 4.74 Å². The van der Waals surface area contributed by atoms with Gasteiger partial charge in [-0.1, -0.05) is 18.2 Å². The van der Waals surface area contributed by atoms with Crippen molar-refractivity contribution in [2.45, 2.75) is 44.9 Å². The van der Waals surface area contributed by atoms with E-state index in [1.807, 2.05) is 25.1 Å². The number of phenols is 1. The first-order valence-electron chi connectivity index (χ1n) is 7.94. The fourth-order valence-electron chi connectivity index (χ4n) is 3.83. The Hall–Kier alpha value is -1.10. The molecule has 1 aliphatic carbocycles. The Labute approximate surface area is 126 Å². The monoisotopic (exact) mass is 291 g/mol. The second kappa shape index (κ2) is 5.95. The highest BCUT2D eigenvalue weighted by Gasteiger charge is 2.55. The summed E-state index contributed by atoms with van der Waals surface area (Å²) in [5.41, 5.74) is 0.953. The maximum Gasteiger partial charge on any atom is 0.120 e. The van der Waals surface area contributed by atoms with Crippen molar-refractivity contribution in [2.24, 2.45) is 5.41 Å². The molecule has 1 aromatic rings. The van der Waals surface area contributed by atoms with Gasteiger partial charge in [-0.25, -0.2) is 0 Å². The molecule has 2 fully saturated rings. The largest absolute Gasteiger partial charge is 0.508 e. The van der Waals surface area contributed by atoms with Crippen LogP contribution in [-0.4, -0.2) is 47.0 Å². The minimum Gasteiger partial charge on any atom is -0.508 e. The van der Waals surface area contributed by atoms with Crippen LogP contribution >= 0.6 is 0 Å². The van der Waals surface area contributed by atoms with Crippen LogP contribution in [0.4, 0.5) is 0 Å². The highest BCUT2D eigenvalue weighted by atomic mass is 16.5. The normalized spacial score (nSPS) is 28.5. The molecule has 1 saturated heterocycles. The van der Waals surface area contributed by atoms with E-state index in [1.165, 1.54) is 0 Å². The molecular weight excluding hydrogens is 266 g/mol. The highest BCUT2D eigenvalue weighted by Crippen LogP contribution is 2.51. The molecular formula is C17H25NO3. The first-order chi connectivity index (χ1) is 10.2. The number of hydrogen-bond donors (Lipinski definition) is 2. The second-order valence-electron chi connectivity index (χ2n) is 6.33. The number of phenolic OH excluding ortho intramolecular Hbond substituents is 1. The van der Waals surface area contributed by atoms with E-state index in [0.29, 0.717) is 5.75 Å². The van der Waals surface area contributed by atoms with Gasteiger partial charge >= 0.3 is 0 Å². The number of nitrogens with zero attached hydrogens (tertiary/aromatic N) is 1. The quantitative estimate of drug-likeness (QED) is 0.892. The lowest BCUT2D eigenvalue weighted by Crippen LogP contribution is -2.62. The summed E-state index contributed by atoms with van der Waals surface area (Å²) in [5.74, 6) is 0.369. The predicted octanol–water partition coefficient (Wildman–Crippen LogP) is 2.14. The average Bonchev–Trinajstić information content (AvgIpc) is 2.50. The third kappa shape index (κ3) is 2.68. The maximum atomic E-state index is 10.2. The first kappa shape index (κ1) is 14.8. The average molecular weight is 291 g/mol. The summed E-state index contributed by atoms with van der Waals surface area (Å²) in [5, 5.41) is 20.1. The molecule has 116 valence electrons. The fourth-order valence-corrected chi connectivity index (χ4v) is 3.83. The molecule has 1 saturated carbocycles. The van der Waals surface area contributed by atoms with E-state index in [9.17, 15) is 10.2 Å². The van der Waals surface area contributed by atoms with Crippen LogP contribution in [0, 0.1) is 5.41 Å². The van der Waals surface area contributed by atoms with Gasteiger partial charge in [0.05, 0.1) is 12.2 Å². The molecule has 21 heavy (non-hydrogen) atoms. The number of likely N-dealkylation sites (tertiary alicyclic amines) is 1.